The van der Waals surface area contributed by atoms with Gasteiger partial charge in [0, 0.05) is 26.3 Å². The Hall–Kier alpha value is -0.160. The molecular weight excluding hydrogens is 228 g/mol. The third-order valence-corrected chi connectivity index (χ3v) is 3.03. The molecule has 0 amide bonds. The molecule has 1 unspecified atom stereocenters. The molecule has 0 heterocycles. The van der Waals surface area contributed by atoms with Crippen LogP contribution < -0.4 is 5.32 Å². The molecule has 1 atom stereocenters. The quantitative estimate of drug-likeness (QED) is 0.492. The summed E-state index contributed by atoms with van der Waals surface area (Å²) in [5.74, 6) is 0. The van der Waals surface area contributed by atoms with Crippen LogP contribution in [0.15, 0.2) is 0 Å². The van der Waals surface area contributed by atoms with Gasteiger partial charge in [-0.25, -0.2) is 0 Å². The van der Waals surface area contributed by atoms with Crippen LogP contribution in [-0.2, 0) is 4.74 Å². The van der Waals surface area contributed by atoms with Gasteiger partial charge in [0.15, 0.2) is 0 Å². The minimum atomic E-state index is -0.272. The molecule has 2 N–H and O–H groups in total. The molecule has 0 aliphatic heterocycles. The van der Waals surface area contributed by atoms with Crippen molar-refractivity contribution < 1.29 is 9.84 Å². The van der Waals surface area contributed by atoms with Crippen molar-refractivity contribution in [3.8, 4) is 0 Å². The molecular formula is C14H32N2O2. The van der Waals surface area contributed by atoms with Crippen LogP contribution in [0.5, 0.6) is 0 Å². The fourth-order valence-electron chi connectivity index (χ4n) is 1.76. The number of hydrogen-bond acceptors (Lipinski definition) is 4. The Kier molecular flexibility index (Phi) is 13.2. The van der Waals surface area contributed by atoms with E-state index in [-0.39, 0.29) is 6.10 Å². The number of nitrogens with zero attached hydrogens (tertiary/aromatic N) is 1. The highest BCUT2D eigenvalue weighted by Crippen LogP contribution is 1.92. The van der Waals surface area contributed by atoms with Gasteiger partial charge in [-0.3, -0.25) is 0 Å². The lowest BCUT2D eigenvalue weighted by Gasteiger charge is -2.22. The number of unbranched alkanes of at least 4 members (excludes halogenated alkanes) is 1. The van der Waals surface area contributed by atoms with Crippen molar-refractivity contribution in [2.75, 3.05) is 45.9 Å². The first-order valence-corrected chi connectivity index (χ1v) is 7.43. The minimum absolute atomic E-state index is 0.272. The molecule has 18 heavy (non-hydrogen) atoms. The van der Waals surface area contributed by atoms with Gasteiger partial charge in [-0.2, -0.15) is 0 Å². The van der Waals surface area contributed by atoms with Crippen molar-refractivity contribution >= 4 is 0 Å². The van der Waals surface area contributed by atoms with Gasteiger partial charge < -0.3 is 20.1 Å². The van der Waals surface area contributed by atoms with Crippen molar-refractivity contribution in [2.24, 2.45) is 0 Å². The Balaban J connectivity index is 3.27. The molecule has 0 aromatic carbocycles. The van der Waals surface area contributed by atoms with Crippen LogP contribution in [0.4, 0.5) is 0 Å². The molecule has 0 rings (SSSR count). The van der Waals surface area contributed by atoms with E-state index in [0.717, 1.165) is 52.2 Å². The van der Waals surface area contributed by atoms with Crippen LogP contribution in [0.1, 0.15) is 40.0 Å². The predicted octanol–water partition coefficient (Wildman–Crippen LogP) is 1.49. The average molecular weight is 260 g/mol. The lowest BCUT2D eigenvalue weighted by Crippen LogP contribution is -2.38. The molecule has 0 bridgehead atoms. The monoisotopic (exact) mass is 260 g/mol. The van der Waals surface area contributed by atoms with Gasteiger partial charge in [0.25, 0.3) is 0 Å². The van der Waals surface area contributed by atoms with Gasteiger partial charge >= 0.3 is 0 Å². The normalized spacial score (nSPS) is 13.2. The Bertz CT molecular complexity index is 164. The molecule has 0 fully saturated rings. The zero-order chi connectivity index (χ0) is 13.6. The SMILES string of the molecule is CCCCOCCCNCC(O)CN(CC)CC. The summed E-state index contributed by atoms with van der Waals surface area (Å²) in [7, 11) is 0. The number of likely N-dealkylation sites (N-methyl/N-ethyl adjacent to an activating group) is 1. The summed E-state index contributed by atoms with van der Waals surface area (Å²) in [5, 5.41) is 13.1. The number of hydrogen-bond donors (Lipinski definition) is 2. The fraction of sp³-hybridized carbons (Fsp3) is 1.00. The molecule has 4 heteroatoms. The summed E-state index contributed by atoms with van der Waals surface area (Å²) in [5.41, 5.74) is 0. The van der Waals surface area contributed by atoms with E-state index >= 15 is 0 Å². The Morgan fingerprint density at radius 3 is 2.39 bits per heavy atom. The van der Waals surface area contributed by atoms with Crippen molar-refractivity contribution in [3.63, 3.8) is 0 Å². The molecule has 0 spiro atoms. The maximum Gasteiger partial charge on any atom is 0.0791 e. The van der Waals surface area contributed by atoms with Crippen LogP contribution in [0, 0.1) is 0 Å². The molecule has 0 saturated heterocycles. The standard InChI is InChI=1S/C14H32N2O2/c1-4-7-10-18-11-8-9-15-12-14(17)13-16(5-2)6-3/h14-15,17H,4-13H2,1-3H3. The first-order valence-electron chi connectivity index (χ1n) is 7.43. The van der Waals surface area contributed by atoms with Gasteiger partial charge in [0.2, 0.25) is 0 Å². The first kappa shape index (κ1) is 17.8. The van der Waals surface area contributed by atoms with Gasteiger partial charge in [-0.05, 0) is 32.5 Å². The fourth-order valence-corrected chi connectivity index (χ4v) is 1.76. The molecule has 0 aliphatic carbocycles. The maximum atomic E-state index is 9.82. The molecule has 110 valence electrons. The number of aliphatic hydroxyl groups is 1. The average Bonchev–Trinajstić information content (AvgIpc) is 2.39. The summed E-state index contributed by atoms with van der Waals surface area (Å²) in [6.07, 6.45) is 3.08. The third-order valence-electron chi connectivity index (χ3n) is 3.03. The summed E-state index contributed by atoms with van der Waals surface area (Å²) in [6.45, 7) is 12.5. The van der Waals surface area contributed by atoms with Crippen LogP contribution in [0.25, 0.3) is 0 Å². The highest BCUT2D eigenvalue weighted by atomic mass is 16.5. The van der Waals surface area contributed by atoms with E-state index in [1.165, 1.54) is 6.42 Å². The van der Waals surface area contributed by atoms with E-state index in [1.54, 1.807) is 0 Å². The van der Waals surface area contributed by atoms with E-state index in [1.807, 2.05) is 0 Å². The largest absolute Gasteiger partial charge is 0.390 e. The molecule has 0 saturated carbocycles. The maximum absolute atomic E-state index is 9.82. The highest BCUT2D eigenvalue weighted by molar-refractivity contribution is 4.65. The van der Waals surface area contributed by atoms with E-state index in [0.29, 0.717) is 6.54 Å². The number of rotatable bonds is 13. The predicted molar refractivity (Wildman–Crippen MR) is 77.0 cm³/mol. The first-order chi connectivity index (χ1) is 8.74. The highest BCUT2D eigenvalue weighted by Gasteiger charge is 2.07. The van der Waals surface area contributed by atoms with Crippen molar-refractivity contribution in [3.05, 3.63) is 0 Å². The van der Waals surface area contributed by atoms with E-state index in [4.69, 9.17) is 4.74 Å². The topological polar surface area (TPSA) is 44.7 Å². The van der Waals surface area contributed by atoms with E-state index in [9.17, 15) is 5.11 Å². The van der Waals surface area contributed by atoms with Crippen LogP contribution >= 0.6 is 0 Å². The second-order valence-electron chi connectivity index (χ2n) is 4.66. The van der Waals surface area contributed by atoms with Crippen molar-refractivity contribution in [2.45, 2.75) is 46.1 Å². The van der Waals surface area contributed by atoms with Gasteiger partial charge in [-0.1, -0.05) is 27.2 Å². The Morgan fingerprint density at radius 2 is 1.78 bits per heavy atom. The van der Waals surface area contributed by atoms with Crippen LogP contribution in [0.2, 0.25) is 0 Å². The second kappa shape index (κ2) is 13.3. The lowest BCUT2D eigenvalue weighted by molar-refractivity contribution is 0.111. The summed E-state index contributed by atoms with van der Waals surface area (Å²) in [4.78, 5) is 2.24. The molecule has 4 nitrogen and oxygen atoms in total. The van der Waals surface area contributed by atoms with Crippen LogP contribution in [-0.4, -0.2) is 62.0 Å². The van der Waals surface area contributed by atoms with Crippen molar-refractivity contribution in [1.82, 2.24) is 10.2 Å². The Morgan fingerprint density at radius 1 is 1.11 bits per heavy atom. The second-order valence-corrected chi connectivity index (χ2v) is 4.66. The van der Waals surface area contributed by atoms with Crippen LogP contribution in [0.3, 0.4) is 0 Å². The number of nitrogens with one attached hydrogen (secondary N) is 1. The molecule has 0 radical (unpaired) electrons. The van der Waals surface area contributed by atoms with Gasteiger partial charge in [-0.15, -0.1) is 0 Å². The summed E-state index contributed by atoms with van der Waals surface area (Å²) >= 11 is 0. The zero-order valence-electron chi connectivity index (χ0n) is 12.5. The minimum Gasteiger partial charge on any atom is -0.390 e. The smallest absolute Gasteiger partial charge is 0.0791 e. The zero-order valence-corrected chi connectivity index (χ0v) is 12.5. The number of ether oxygens (including phenoxy) is 1. The molecule has 0 aliphatic rings. The summed E-state index contributed by atoms with van der Waals surface area (Å²) in [6, 6.07) is 0. The lowest BCUT2D eigenvalue weighted by atomic mass is 10.3. The number of aliphatic hydroxyl groups excluding tert-OH is 1. The van der Waals surface area contributed by atoms with Gasteiger partial charge in [0.05, 0.1) is 6.10 Å². The van der Waals surface area contributed by atoms with Gasteiger partial charge in [0.1, 0.15) is 0 Å². The van der Waals surface area contributed by atoms with Crippen molar-refractivity contribution in [1.29, 1.82) is 0 Å². The van der Waals surface area contributed by atoms with E-state index < -0.39 is 0 Å². The molecule has 0 aromatic rings. The Labute approximate surface area is 113 Å². The molecule has 0 aromatic heterocycles. The summed E-state index contributed by atoms with van der Waals surface area (Å²) < 4.78 is 5.47. The third kappa shape index (κ3) is 11.0. The van der Waals surface area contributed by atoms with E-state index in [2.05, 4.69) is 31.0 Å².